The minimum atomic E-state index is 0.164. The summed E-state index contributed by atoms with van der Waals surface area (Å²) >= 11 is 1.67. The van der Waals surface area contributed by atoms with Crippen molar-refractivity contribution in [1.82, 2.24) is 14.9 Å². The van der Waals surface area contributed by atoms with Crippen LogP contribution < -0.4 is 4.90 Å². The molecule has 0 radical (unpaired) electrons. The molecule has 1 aliphatic heterocycles. The number of aliphatic hydroxyl groups excluding tert-OH is 2. The van der Waals surface area contributed by atoms with Gasteiger partial charge >= 0.3 is 0 Å². The number of thiophene rings is 1. The molecule has 0 aliphatic carbocycles. The lowest BCUT2D eigenvalue weighted by atomic mass is 9.96. The van der Waals surface area contributed by atoms with E-state index in [9.17, 15) is 5.11 Å². The van der Waals surface area contributed by atoms with Gasteiger partial charge in [-0.1, -0.05) is 0 Å². The molecule has 3 heterocycles. The quantitative estimate of drug-likeness (QED) is 0.819. The molecule has 0 amide bonds. The number of fused-ring (bicyclic) bond motifs is 1. The molecule has 6 nitrogen and oxygen atoms in total. The molecule has 1 fully saturated rings. The van der Waals surface area contributed by atoms with Crippen molar-refractivity contribution in [2.24, 2.45) is 11.8 Å². The van der Waals surface area contributed by atoms with Crippen molar-refractivity contribution in [2.45, 2.75) is 6.92 Å². The molecule has 7 heteroatoms. The van der Waals surface area contributed by atoms with Crippen LogP contribution >= 0.6 is 11.3 Å². The van der Waals surface area contributed by atoms with E-state index in [2.05, 4.69) is 19.8 Å². The lowest BCUT2D eigenvalue weighted by molar-refractivity contribution is 0.160. The summed E-state index contributed by atoms with van der Waals surface area (Å²) in [7, 11) is 2.01. The van der Waals surface area contributed by atoms with Crippen molar-refractivity contribution >= 4 is 27.4 Å². The molecule has 0 bridgehead atoms. The summed E-state index contributed by atoms with van der Waals surface area (Å²) in [6.45, 7) is 5.51. The van der Waals surface area contributed by atoms with Crippen LogP contribution in [-0.2, 0) is 0 Å². The Kier molecular flexibility index (Phi) is 5.11. The first-order chi connectivity index (χ1) is 11.1. The number of aromatic nitrogens is 2. The van der Waals surface area contributed by atoms with Crippen molar-refractivity contribution in [3.8, 4) is 0 Å². The third-order valence-electron chi connectivity index (χ3n) is 4.54. The Balaban J connectivity index is 1.82. The fraction of sp³-hybridized carbons (Fsp3) is 0.625. The number of nitrogens with zero attached hydrogens (tertiary/aromatic N) is 4. The van der Waals surface area contributed by atoms with E-state index in [1.165, 1.54) is 0 Å². The second-order valence-electron chi connectivity index (χ2n) is 6.32. The molecule has 2 aromatic heterocycles. The second kappa shape index (κ2) is 7.09. The maximum atomic E-state index is 9.75. The van der Waals surface area contributed by atoms with Crippen molar-refractivity contribution in [2.75, 3.05) is 51.3 Å². The topological polar surface area (TPSA) is 72.7 Å². The van der Waals surface area contributed by atoms with E-state index in [-0.39, 0.29) is 19.1 Å². The number of likely N-dealkylation sites (N-methyl/N-ethyl adjacent to an activating group) is 1. The van der Waals surface area contributed by atoms with Gasteiger partial charge in [-0.05, 0) is 31.3 Å². The number of hydrogen-bond acceptors (Lipinski definition) is 7. The average molecular weight is 336 g/mol. The van der Waals surface area contributed by atoms with E-state index in [4.69, 9.17) is 5.11 Å². The van der Waals surface area contributed by atoms with Crippen LogP contribution in [0.25, 0.3) is 10.2 Å². The standard InChI is InChI=1S/C16H24N4O2S/c1-11-17-14-3-6-23-15(14)16(18-11)20-8-12(13(9-20)10-22)7-19(2)4-5-21/h3,6,12-13,21-22H,4-5,7-10H2,1-2H3/t12-,13-/m1/s1. The largest absolute Gasteiger partial charge is 0.396 e. The van der Waals surface area contributed by atoms with Gasteiger partial charge in [0.25, 0.3) is 0 Å². The van der Waals surface area contributed by atoms with Crippen LogP contribution in [0.3, 0.4) is 0 Å². The van der Waals surface area contributed by atoms with Gasteiger partial charge in [0.2, 0.25) is 0 Å². The zero-order chi connectivity index (χ0) is 16.4. The molecule has 0 unspecified atom stereocenters. The third-order valence-corrected chi connectivity index (χ3v) is 5.44. The minimum absolute atomic E-state index is 0.164. The first-order valence-corrected chi connectivity index (χ1v) is 8.87. The Labute approximate surface area is 140 Å². The number of anilines is 1. The Bertz CT molecular complexity index is 663. The van der Waals surface area contributed by atoms with E-state index in [1.807, 2.05) is 25.4 Å². The summed E-state index contributed by atoms with van der Waals surface area (Å²) in [4.78, 5) is 13.6. The number of aliphatic hydroxyl groups is 2. The lowest BCUT2D eigenvalue weighted by Gasteiger charge is -2.23. The lowest BCUT2D eigenvalue weighted by Crippen LogP contribution is -2.33. The molecule has 126 valence electrons. The van der Waals surface area contributed by atoms with E-state index < -0.39 is 0 Å². The van der Waals surface area contributed by atoms with Gasteiger partial charge < -0.3 is 20.0 Å². The van der Waals surface area contributed by atoms with E-state index in [1.54, 1.807) is 11.3 Å². The molecular weight excluding hydrogens is 312 g/mol. The highest BCUT2D eigenvalue weighted by molar-refractivity contribution is 7.17. The van der Waals surface area contributed by atoms with Crippen LogP contribution in [0, 0.1) is 18.8 Å². The van der Waals surface area contributed by atoms with E-state index in [0.717, 1.165) is 41.5 Å². The van der Waals surface area contributed by atoms with Crippen molar-refractivity contribution in [1.29, 1.82) is 0 Å². The van der Waals surface area contributed by atoms with Crippen molar-refractivity contribution in [3.63, 3.8) is 0 Å². The van der Waals surface area contributed by atoms with E-state index in [0.29, 0.717) is 12.5 Å². The Hall–Kier alpha value is -1.28. The maximum Gasteiger partial charge on any atom is 0.150 e. The van der Waals surface area contributed by atoms with Gasteiger partial charge in [0.15, 0.2) is 0 Å². The van der Waals surface area contributed by atoms with Crippen LogP contribution in [0.4, 0.5) is 5.82 Å². The molecule has 23 heavy (non-hydrogen) atoms. The molecular formula is C16H24N4O2S. The molecule has 0 spiro atoms. The highest BCUT2D eigenvalue weighted by atomic mass is 32.1. The van der Waals surface area contributed by atoms with Crippen molar-refractivity contribution in [3.05, 3.63) is 17.3 Å². The normalized spacial score (nSPS) is 21.7. The van der Waals surface area contributed by atoms with Crippen LogP contribution in [0.15, 0.2) is 11.4 Å². The van der Waals surface area contributed by atoms with Gasteiger partial charge in [-0.15, -0.1) is 11.3 Å². The maximum absolute atomic E-state index is 9.75. The zero-order valence-electron chi connectivity index (χ0n) is 13.6. The molecule has 3 rings (SSSR count). The van der Waals surface area contributed by atoms with Gasteiger partial charge in [-0.3, -0.25) is 0 Å². The van der Waals surface area contributed by atoms with Crippen LogP contribution in [0.5, 0.6) is 0 Å². The second-order valence-corrected chi connectivity index (χ2v) is 7.24. The van der Waals surface area contributed by atoms with Gasteiger partial charge in [0.05, 0.1) is 16.8 Å². The summed E-state index contributed by atoms with van der Waals surface area (Å²) in [5.74, 6) is 2.39. The average Bonchev–Trinajstić information content (AvgIpc) is 3.12. The number of rotatable bonds is 6. The Morgan fingerprint density at radius 3 is 2.83 bits per heavy atom. The zero-order valence-corrected chi connectivity index (χ0v) is 14.5. The summed E-state index contributed by atoms with van der Waals surface area (Å²) < 4.78 is 1.12. The summed E-state index contributed by atoms with van der Waals surface area (Å²) in [5.41, 5.74) is 0.999. The van der Waals surface area contributed by atoms with Crippen LogP contribution in [-0.4, -0.2) is 71.5 Å². The van der Waals surface area contributed by atoms with Gasteiger partial charge in [-0.2, -0.15) is 0 Å². The smallest absolute Gasteiger partial charge is 0.150 e. The summed E-state index contributed by atoms with van der Waals surface area (Å²) in [6.07, 6.45) is 0. The number of aryl methyl sites for hydroxylation is 1. The molecule has 0 saturated carbocycles. The Morgan fingerprint density at radius 1 is 1.30 bits per heavy atom. The monoisotopic (exact) mass is 336 g/mol. The fourth-order valence-electron chi connectivity index (χ4n) is 3.36. The molecule has 0 aromatic carbocycles. The fourth-order valence-corrected chi connectivity index (χ4v) is 4.21. The third kappa shape index (κ3) is 3.47. The molecule has 1 aliphatic rings. The van der Waals surface area contributed by atoms with Crippen LogP contribution in [0.2, 0.25) is 0 Å². The summed E-state index contributed by atoms with van der Waals surface area (Å²) in [5, 5.41) is 20.9. The predicted molar refractivity (Wildman–Crippen MR) is 93.0 cm³/mol. The Morgan fingerprint density at radius 2 is 2.09 bits per heavy atom. The highest BCUT2D eigenvalue weighted by Gasteiger charge is 2.34. The molecule has 1 saturated heterocycles. The van der Waals surface area contributed by atoms with Gasteiger partial charge in [0, 0.05) is 38.7 Å². The summed E-state index contributed by atoms with van der Waals surface area (Å²) in [6, 6.07) is 2.03. The van der Waals surface area contributed by atoms with Crippen LogP contribution in [0.1, 0.15) is 5.82 Å². The molecule has 2 atom stereocenters. The van der Waals surface area contributed by atoms with Gasteiger partial charge in [-0.25, -0.2) is 9.97 Å². The minimum Gasteiger partial charge on any atom is -0.396 e. The SMILES string of the molecule is Cc1nc(N2C[C@@H](CN(C)CCO)[C@@H](CO)C2)c2sccc2n1. The predicted octanol–water partition coefficient (Wildman–Crippen LogP) is 0.969. The van der Waals surface area contributed by atoms with Crippen molar-refractivity contribution < 1.29 is 10.2 Å². The van der Waals surface area contributed by atoms with Gasteiger partial charge in [0.1, 0.15) is 11.6 Å². The molecule has 2 N–H and O–H groups in total. The first kappa shape index (κ1) is 16.6. The first-order valence-electron chi connectivity index (χ1n) is 7.99. The molecule has 2 aromatic rings. The highest BCUT2D eigenvalue weighted by Crippen LogP contribution is 2.34. The number of hydrogen-bond donors (Lipinski definition) is 2. The van der Waals surface area contributed by atoms with E-state index >= 15 is 0 Å².